The van der Waals surface area contributed by atoms with Crippen LogP contribution in [-0.2, 0) is 9.37 Å². The van der Waals surface area contributed by atoms with Gasteiger partial charge in [0.25, 0.3) is 0 Å². The second-order valence-electron chi connectivity index (χ2n) is 3.10. The van der Waals surface area contributed by atoms with E-state index in [1.54, 1.807) is 0 Å². The van der Waals surface area contributed by atoms with Gasteiger partial charge in [-0.05, 0) is 7.05 Å². The van der Waals surface area contributed by atoms with Crippen LogP contribution in [0.5, 0.6) is 0 Å². The van der Waals surface area contributed by atoms with Crippen LogP contribution in [0.3, 0.4) is 0 Å². The van der Waals surface area contributed by atoms with Gasteiger partial charge in [0, 0.05) is 50.5 Å². The molecule has 1 aliphatic rings. The van der Waals surface area contributed by atoms with Gasteiger partial charge in [-0.15, -0.1) is 0 Å². The van der Waals surface area contributed by atoms with Gasteiger partial charge in [0.2, 0.25) is 0 Å². The molecule has 0 aliphatic carbocycles. The molecule has 78 valence electrons. The van der Waals surface area contributed by atoms with Crippen molar-refractivity contribution >= 4 is 12.0 Å². The summed E-state index contributed by atoms with van der Waals surface area (Å²) in [6.07, 6.45) is 0. The molecule has 0 unspecified atom stereocenters. The van der Waals surface area contributed by atoms with Crippen molar-refractivity contribution in [3.8, 4) is 0 Å². The topological polar surface area (TPSA) is 48.0 Å². The average Bonchev–Trinajstić information content (AvgIpc) is 2.15. The first kappa shape index (κ1) is 11.2. The highest BCUT2D eigenvalue weighted by atomic mass is 32.2. The minimum absolute atomic E-state index is 0.770. The van der Waals surface area contributed by atoms with Gasteiger partial charge in [0.1, 0.15) is 0 Å². The number of hydrogen-bond acceptors (Lipinski definition) is 6. The Hall–Kier alpha value is 0.150. The lowest BCUT2D eigenvalue weighted by molar-refractivity contribution is -0.777. The van der Waals surface area contributed by atoms with Crippen molar-refractivity contribution in [3.63, 3.8) is 0 Å². The highest BCUT2D eigenvalue weighted by Crippen LogP contribution is 2.04. The van der Waals surface area contributed by atoms with Gasteiger partial charge < -0.3 is 10.2 Å². The Balaban J connectivity index is 1.96. The molecule has 0 aromatic carbocycles. The van der Waals surface area contributed by atoms with Crippen LogP contribution in [0.2, 0.25) is 0 Å². The number of piperazine rings is 1. The van der Waals surface area contributed by atoms with E-state index in [0.29, 0.717) is 0 Å². The standard InChI is InChI=1S/C7H16N2O3S/c1-8-2-4-9(5-3-8)6-7-13-12-11-10/h10H,2-7H2,1H3/p-1. The number of rotatable bonds is 5. The van der Waals surface area contributed by atoms with E-state index >= 15 is 0 Å². The van der Waals surface area contributed by atoms with Crippen molar-refractivity contribution in [2.45, 2.75) is 0 Å². The van der Waals surface area contributed by atoms with Gasteiger partial charge in [0.05, 0.1) is 0 Å². The fourth-order valence-corrected chi connectivity index (χ4v) is 1.73. The molecule has 5 nitrogen and oxygen atoms in total. The number of hydrogen-bond donors (Lipinski definition) is 0. The van der Waals surface area contributed by atoms with E-state index in [2.05, 4.69) is 26.2 Å². The van der Waals surface area contributed by atoms with Crippen LogP contribution >= 0.6 is 12.0 Å². The van der Waals surface area contributed by atoms with E-state index < -0.39 is 0 Å². The van der Waals surface area contributed by atoms with Gasteiger partial charge in [-0.1, -0.05) is 0 Å². The molecule has 0 spiro atoms. The predicted molar refractivity (Wildman–Crippen MR) is 48.6 cm³/mol. The molecule has 0 bridgehead atoms. The maximum atomic E-state index is 9.46. The zero-order valence-electron chi connectivity index (χ0n) is 7.77. The quantitative estimate of drug-likeness (QED) is 0.252. The van der Waals surface area contributed by atoms with Gasteiger partial charge in [-0.2, -0.15) is 4.33 Å². The van der Waals surface area contributed by atoms with E-state index in [1.807, 2.05) is 0 Å². The molecule has 1 saturated heterocycles. The molecule has 1 rings (SSSR count). The summed E-state index contributed by atoms with van der Waals surface area (Å²) in [5.41, 5.74) is 0. The Morgan fingerprint density at radius 1 is 1.31 bits per heavy atom. The highest BCUT2D eigenvalue weighted by molar-refractivity contribution is 7.94. The van der Waals surface area contributed by atoms with Crippen LogP contribution in [0.4, 0.5) is 0 Å². The molecule has 0 aromatic rings. The maximum Gasteiger partial charge on any atom is 0.0356 e. The van der Waals surface area contributed by atoms with Gasteiger partial charge in [0.15, 0.2) is 0 Å². The predicted octanol–water partition coefficient (Wildman–Crippen LogP) is -0.894. The minimum Gasteiger partial charge on any atom is -0.691 e. The third kappa shape index (κ3) is 4.80. The molecule has 6 heteroatoms. The average molecular weight is 207 g/mol. The highest BCUT2D eigenvalue weighted by Gasteiger charge is 2.12. The van der Waals surface area contributed by atoms with Gasteiger partial charge in [-0.25, -0.2) is 0 Å². The summed E-state index contributed by atoms with van der Waals surface area (Å²) in [5.74, 6) is 0.770. The van der Waals surface area contributed by atoms with Crippen molar-refractivity contribution in [1.82, 2.24) is 9.80 Å². The zero-order valence-corrected chi connectivity index (χ0v) is 8.59. The molecule has 0 aromatic heterocycles. The molecule has 0 N–H and O–H groups in total. The molecular weight excluding hydrogens is 192 g/mol. The van der Waals surface area contributed by atoms with E-state index in [1.165, 1.54) is 0 Å². The second kappa shape index (κ2) is 6.58. The molecule has 0 radical (unpaired) electrons. The van der Waals surface area contributed by atoms with E-state index in [9.17, 15) is 5.26 Å². The number of likely N-dealkylation sites (N-methyl/N-ethyl adjacent to an activating group) is 1. The van der Waals surface area contributed by atoms with Crippen LogP contribution in [0.15, 0.2) is 0 Å². The van der Waals surface area contributed by atoms with Crippen LogP contribution in [0.1, 0.15) is 0 Å². The van der Waals surface area contributed by atoms with Crippen LogP contribution in [0, 0.1) is 0 Å². The Kier molecular flexibility index (Phi) is 5.68. The Morgan fingerprint density at radius 2 is 2.00 bits per heavy atom. The van der Waals surface area contributed by atoms with Crippen molar-refractivity contribution in [1.29, 1.82) is 0 Å². The summed E-state index contributed by atoms with van der Waals surface area (Å²) < 4.78 is 4.17. The lowest BCUT2D eigenvalue weighted by Crippen LogP contribution is -2.45. The van der Waals surface area contributed by atoms with E-state index in [4.69, 9.17) is 0 Å². The van der Waals surface area contributed by atoms with Crippen molar-refractivity contribution < 1.29 is 14.6 Å². The third-order valence-electron chi connectivity index (χ3n) is 2.16. The Bertz CT molecular complexity index is 131. The normalized spacial score (nSPS) is 20.8. The molecule has 1 heterocycles. The monoisotopic (exact) mass is 207 g/mol. The summed E-state index contributed by atoms with van der Waals surface area (Å²) in [4.78, 5) is 4.65. The lowest BCUT2D eigenvalue weighted by atomic mass is 10.3. The first-order chi connectivity index (χ1) is 6.33. The summed E-state index contributed by atoms with van der Waals surface area (Å²) >= 11 is 1.06. The molecule has 0 saturated carbocycles. The first-order valence-corrected chi connectivity index (χ1v) is 5.23. The third-order valence-corrected chi connectivity index (χ3v) is 2.66. The lowest BCUT2D eigenvalue weighted by Gasteiger charge is -2.31. The summed E-state index contributed by atoms with van der Waals surface area (Å²) in [5, 5.41) is 12.7. The first-order valence-electron chi connectivity index (χ1n) is 4.32. The van der Waals surface area contributed by atoms with Crippen LogP contribution in [0.25, 0.3) is 0 Å². The molecule has 0 atom stereocenters. The molecule has 0 amide bonds. The van der Waals surface area contributed by atoms with E-state index in [-0.39, 0.29) is 0 Å². The van der Waals surface area contributed by atoms with Crippen molar-refractivity contribution in [2.24, 2.45) is 0 Å². The van der Waals surface area contributed by atoms with E-state index in [0.717, 1.165) is 50.5 Å². The van der Waals surface area contributed by atoms with Gasteiger partial charge in [-0.3, -0.25) is 9.94 Å². The van der Waals surface area contributed by atoms with Crippen molar-refractivity contribution in [3.05, 3.63) is 0 Å². The van der Waals surface area contributed by atoms with Crippen LogP contribution < -0.4 is 5.26 Å². The zero-order chi connectivity index (χ0) is 9.52. The Morgan fingerprint density at radius 3 is 2.62 bits per heavy atom. The Labute approximate surface area is 82.7 Å². The number of nitrogens with zero attached hydrogens (tertiary/aromatic N) is 2. The molecule has 13 heavy (non-hydrogen) atoms. The van der Waals surface area contributed by atoms with Crippen LogP contribution in [-0.4, -0.2) is 55.3 Å². The second-order valence-corrected chi connectivity index (χ2v) is 3.88. The summed E-state index contributed by atoms with van der Waals surface area (Å²) in [6.45, 7) is 5.36. The fraction of sp³-hybridized carbons (Fsp3) is 1.00. The summed E-state index contributed by atoms with van der Waals surface area (Å²) in [6, 6.07) is 0. The fourth-order valence-electron chi connectivity index (χ4n) is 1.29. The van der Waals surface area contributed by atoms with Gasteiger partial charge >= 0.3 is 0 Å². The minimum atomic E-state index is 0.770. The molecule has 1 aliphatic heterocycles. The largest absolute Gasteiger partial charge is 0.691 e. The molecular formula is C7H15N2O3S-. The SMILES string of the molecule is CN1CCN(CCSOO[O-])CC1. The van der Waals surface area contributed by atoms with Crippen molar-refractivity contribution in [2.75, 3.05) is 45.5 Å². The maximum absolute atomic E-state index is 9.46. The smallest absolute Gasteiger partial charge is 0.0356 e. The molecule has 1 fully saturated rings. The summed E-state index contributed by atoms with van der Waals surface area (Å²) in [7, 11) is 2.13.